The number of anilines is 1. The van der Waals surface area contributed by atoms with E-state index in [1.54, 1.807) is 19.1 Å². The summed E-state index contributed by atoms with van der Waals surface area (Å²) < 4.78 is 34.6. The van der Waals surface area contributed by atoms with Crippen LogP contribution in [0.15, 0.2) is 12.1 Å². The van der Waals surface area contributed by atoms with Gasteiger partial charge in [-0.3, -0.25) is 4.72 Å². The number of hydrogen-bond donors (Lipinski definition) is 1. The summed E-state index contributed by atoms with van der Waals surface area (Å²) in [5.41, 5.74) is 1.34. The van der Waals surface area contributed by atoms with Gasteiger partial charge in [0.15, 0.2) is 0 Å². The molecular formula is C10H11Cl2N3O2S2. The number of sulfonamides is 1. The van der Waals surface area contributed by atoms with E-state index in [1.807, 2.05) is 0 Å². The fourth-order valence-electron chi connectivity index (χ4n) is 1.54. The van der Waals surface area contributed by atoms with Crippen molar-refractivity contribution in [2.24, 2.45) is 5.92 Å². The lowest BCUT2D eigenvalue weighted by atomic mass is 10.3. The highest BCUT2D eigenvalue weighted by Gasteiger charge is 2.19. The second kappa shape index (κ2) is 5.78. The Morgan fingerprint density at radius 3 is 2.84 bits per heavy atom. The number of fused-ring (bicyclic) bond motifs is 1. The highest BCUT2D eigenvalue weighted by Crippen LogP contribution is 2.30. The Kier molecular flexibility index (Phi) is 4.50. The van der Waals surface area contributed by atoms with Gasteiger partial charge in [0.2, 0.25) is 10.0 Å². The van der Waals surface area contributed by atoms with Gasteiger partial charge < -0.3 is 0 Å². The van der Waals surface area contributed by atoms with Crippen LogP contribution in [-0.4, -0.2) is 28.8 Å². The quantitative estimate of drug-likeness (QED) is 0.850. The van der Waals surface area contributed by atoms with Crippen LogP contribution in [0.3, 0.4) is 0 Å². The summed E-state index contributed by atoms with van der Waals surface area (Å²) in [5.74, 6) is 0.0587. The van der Waals surface area contributed by atoms with Crippen molar-refractivity contribution in [3.8, 4) is 0 Å². The Bertz CT molecular complexity index is 687. The van der Waals surface area contributed by atoms with Crippen LogP contribution in [0.25, 0.3) is 11.0 Å². The van der Waals surface area contributed by atoms with E-state index >= 15 is 0 Å². The minimum atomic E-state index is -3.52. The van der Waals surface area contributed by atoms with E-state index in [0.29, 0.717) is 16.1 Å². The number of nitrogens with zero attached hydrogens (tertiary/aromatic N) is 2. The molecule has 1 heterocycles. The maximum atomic E-state index is 12.0. The van der Waals surface area contributed by atoms with Crippen LogP contribution in [0.5, 0.6) is 0 Å². The summed E-state index contributed by atoms with van der Waals surface area (Å²) in [6, 6.07) is 3.29. The fraction of sp³-hybridized carbons (Fsp3) is 0.400. The average molecular weight is 340 g/mol. The van der Waals surface area contributed by atoms with Gasteiger partial charge in [0.1, 0.15) is 11.0 Å². The first-order valence-electron chi connectivity index (χ1n) is 5.40. The molecule has 1 aromatic carbocycles. The van der Waals surface area contributed by atoms with E-state index in [0.717, 1.165) is 11.7 Å². The van der Waals surface area contributed by atoms with Crippen LogP contribution in [0.4, 0.5) is 5.69 Å². The second-order valence-corrected chi connectivity index (χ2v) is 7.21. The molecule has 1 aromatic heterocycles. The molecule has 0 bridgehead atoms. The lowest BCUT2D eigenvalue weighted by Gasteiger charge is -2.12. The molecule has 2 rings (SSSR count). The predicted octanol–water partition coefficient (Wildman–Crippen LogP) is 2.96. The molecule has 0 radical (unpaired) electrons. The van der Waals surface area contributed by atoms with Crippen molar-refractivity contribution in [3.05, 3.63) is 17.2 Å². The smallest absolute Gasteiger partial charge is 0.233 e. The van der Waals surface area contributed by atoms with Crippen LogP contribution in [0.1, 0.15) is 6.92 Å². The monoisotopic (exact) mass is 339 g/mol. The largest absolute Gasteiger partial charge is 0.280 e. The average Bonchev–Trinajstić information content (AvgIpc) is 2.80. The second-order valence-electron chi connectivity index (χ2n) is 4.20. The van der Waals surface area contributed by atoms with Crippen molar-refractivity contribution in [1.29, 1.82) is 0 Å². The van der Waals surface area contributed by atoms with Crippen LogP contribution < -0.4 is 4.72 Å². The highest BCUT2D eigenvalue weighted by molar-refractivity contribution is 7.92. The topological polar surface area (TPSA) is 72.0 Å². The first kappa shape index (κ1) is 14.8. The number of hydrogen-bond acceptors (Lipinski definition) is 5. The third-order valence-corrected chi connectivity index (χ3v) is 5.31. The Balaban J connectivity index is 2.35. The number of nitrogens with one attached hydrogen (secondary N) is 1. The van der Waals surface area contributed by atoms with Crippen molar-refractivity contribution in [3.63, 3.8) is 0 Å². The molecule has 1 atom stereocenters. The van der Waals surface area contributed by atoms with Gasteiger partial charge >= 0.3 is 0 Å². The molecule has 5 nitrogen and oxygen atoms in total. The van der Waals surface area contributed by atoms with E-state index in [2.05, 4.69) is 13.5 Å². The molecule has 0 fully saturated rings. The van der Waals surface area contributed by atoms with Gasteiger partial charge in [-0.15, -0.1) is 11.6 Å². The molecular weight excluding hydrogens is 329 g/mol. The summed E-state index contributed by atoms with van der Waals surface area (Å²) in [6.45, 7) is 1.76. The molecule has 0 saturated heterocycles. The summed E-state index contributed by atoms with van der Waals surface area (Å²) >= 11 is 12.7. The number of halogens is 2. The zero-order chi connectivity index (χ0) is 14.0. The van der Waals surface area contributed by atoms with Gasteiger partial charge in [-0.2, -0.15) is 8.75 Å². The van der Waals surface area contributed by atoms with Crippen molar-refractivity contribution in [2.75, 3.05) is 16.4 Å². The minimum Gasteiger partial charge on any atom is -0.280 e. The standard InChI is InChI=1S/C10H11Cl2N3O2S2/c1-6(4-11)5-19(16,17)15-9-7(12)2-3-8-10(9)14-18-13-8/h2-3,6,15H,4-5H2,1H3. The van der Waals surface area contributed by atoms with Gasteiger partial charge in [-0.25, -0.2) is 8.42 Å². The molecule has 0 spiro atoms. The lowest BCUT2D eigenvalue weighted by molar-refractivity contribution is 0.588. The molecule has 0 aliphatic rings. The number of aromatic nitrogens is 2. The normalized spacial score (nSPS) is 13.6. The summed E-state index contributed by atoms with van der Waals surface area (Å²) in [5, 5.41) is 0.294. The van der Waals surface area contributed by atoms with Crippen LogP contribution >= 0.6 is 34.9 Å². The number of alkyl halides is 1. The van der Waals surface area contributed by atoms with Gasteiger partial charge in [0, 0.05) is 5.88 Å². The lowest BCUT2D eigenvalue weighted by Crippen LogP contribution is -2.22. The zero-order valence-corrected chi connectivity index (χ0v) is 13.1. The maximum Gasteiger partial charge on any atom is 0.233 e. The third-order valence-electron chi connectivity index (χ3n) is 2.40. The van der Waals surface area contributed by atoms with Gasteiger partial charge in [0.05, 0.1) is 28.2 Å². The van der Waals surface area contributed by atoms with Crippen molar-refractivity contribution >= 4 is 61.7 Å². The SMILES string of the molecule is CC(CCl)CS(=O)(=O)Nc1c(Cl)ccc2nsnc12. The minimum absolute atomic E-state index is 0.0687. The molecule has 0 aliphatic carbocycles. The molecule has 9 heteroatoms. The van der Waals surface area contributed by atoms with E-state index in [9.17, 15) is 8.42 Å². The van der Waals surface area contributed by atoms with E-state index in [1.165, 1.54) is 0 Å². The first-order valence-corrected chi connectivity index (χ1v) is 8.69. The predicted molar refractivity (Wildman–Crippen MR) is 79.7 cm³/mol. The molecule has 19 heavy (non-hydrogen) atoms. The Hall–Kier alpha value is -0.630. The number of benzene rings is 1. The molecule has 0 amide bonds. The maximum absolute atomic E-state index is 12.0. The van der Waals surface area contributed by atoms with Crippen molar-refractivity contribution in [1.82, 2.24) is 8.75 Å². The molecule has 1 N–H and O–H groups in total. The Morgan fingerprint density at radius 1 is 1.42 bits per heavy atom. The zero-order valence-electron chi connectivity index (χ0n) is 9.93. The Labute approximate surface area is 125 Å². The van der Waals surface area contributed by atoms with Crippen LogP contribution in [0, 0.1) is 5.92 Å². The molecule has 2 aromatic rings. The van der Waals surface area contributed by atoms with Gasteiger partial charge in [-0.05, 0) is 18.1 Å². The van der Waals surface area contributed by atoms with Crippen molar-refractivity contribution in [2.45, 2.75) is 6.92 Å². The van der Waals surface area contributed by atoms with E-state index < -0.39 is 10.0 Å². The molecule has 1 unspecified atom stereocenters. The fourth-order valence-corrected chi connectivity index (χ4v) is 4.05. The molecule has 0 aliphatic heterocycles. The van der Waals surface area contributed by atoms with Gasteiger partial charge in [-0.1, -0.05) is 18.5 Å². The highest BCUT2D eigenvalue weighted by atomic mass is 35.5. The van der Waals surface area contributed by atoms with Gasteiger partial charge in [0.25, 0.3) is 0 Å². The molecule has 104 valence electrons. The van der Waals surface area contributed by atoms with E-state index in [4.69, 9.17) is 23.2 Å². The third kappa shape index (κ3) is 3.47. The van der Waals surface area contributed by atoms with Crippen molar-refractivity contribution < 1.29 is 8.42 Å². The summed E-state index contributed by atoms with van der Waals surface area (Å²) in [4.78, 5) is 0. The molecule has 0 saturated carbocycles. The summed E-state index contributed by atoms with van der Waals surface area (Å²) in [7, 11) is -3.52. The van der Waals surface area contributed by atoms with Crippen LogP contribution in [-0.2, 0) is 10.0 Å². The summed E-state index contributed by atoms with van der Waals surface area (Å²) in [6.07, 6.45) is 0. The number of rotatable bonds is 5. The first-order chi connectivity index (χ1) is 8.93. The van der Waals surface area contributed by atoms with E-state index in [-0.39, 0.29) is 23.2 Å². The van der Waals surface area contributed by atoms with Crippen LogP contribution in [0.2, 0.25) is 5.02 Å². The Morgan fingerprint density at radius 2 is 2.16 bits per heavy atom.